The van der Waals surface area contributed by atoms with Crippen molar-refractivity contribution in [2.45, 2.75) is 78.4 Å². The van der Waals surface area contributed by atoms with E-state index in [2.05, 4.69) is 6.92 Å². The Morgan fingerprint density at radius 2 is 1.72 bits per heavy atom. The molecule has 0 spiro atoms. The Balaban J connectivity index is 2.58. The highest BCUT2D eigenvalue weighted by atomic mass is 16.6. The van der Waals surface area contributed by atoms with Gasteiger partial charge in [0, 0.05) is 0 Å². The van der Waals surface area contributed by atoms with Crippen LogP contribution in [0.1, 0.15) is 71.8 Å². The molecule has 4 heteroatoms. The van der Waals surface area contributed by atoms with E-state index >= 15 is 0 Å². The molecule has 0 N–H and O–H groups in total. The first-order chi connectivity index (χ1) is 11.8. The molecule has 0 aliphatic heterocycles. The standard InChI is InChI=1S/C21H32O4/c1-5-6-7-11-14-18(15-19(22)25-21(2,3)4)20(23)24-16-17-12-9-8-10-13-17/h8-10,12-13,18H,5-7,11,14-16H2,1-4H3. The molecule has 0 aliphatic rings. The zero-order valence-electron chi connectivity index (χ0n) is 16.0. The molecule has 140 valence electrons. The Bertz CT molecular complexity index is 516. The van der Waals surface area contributed by atoms with Crippen LogP contribution in [-0.2, 0) is 25.7 Å². The van der Waals surface area contributed by atoms with E-state index in [9.17, 15) is 9.59 Å². The summed E-state index contributed by atoms with van der Waals surface area (Å²) in [4.78, 5) is 24.6. The van der Waals surface area contributed by atoms with E-state index in [4.69, 9.17) is 9.47 Å². The van der Waals surface area contributed by atoms with Crippen LogP contribution in [0.5, 0.6) is 0 Å². The quantitative estimate of drug-likeness (QED) is 0.439. The minimum atomic E-state index is -0.544. The first-order valence-corrected chi connectivity index (χ1v) is 9.24. The molecule has 1 aromatic rings. The monoisotopic (exact) mass is 348 g/mol. The minimum absolute atomic E-state index is 0.0804. The highest BCUT2D eigenvalue weighted by Gasteiger charge is 2.26. The number of carbonyl (C=O) groups is 2. The molecule has 4 nitrogen and oxygen atoms in total. The molecule has 0 fully saturated rings. The Kier molecular flexibility index (Phi) is 9.25. The molecule has 0 bridgehead atoms. The van der Waals surface area contributed by atoms with Gasteiger partial charge in [0.2, 0.25) is 0 Å². The van der Waals surface area contributed by atoms with Crippen LogP contribution in [0.2, 0.25) is 0 Å². The molecule has 0 radical (unpaired) electrons. The van der Waals surface area contributed by atoms with Crippen molar-refractivity contribution >= 4 is 11.9 Å². The van der Waals surface area contributed by atoms with Gasteiger partial charge in [-0.05, 0) is 32.8 Å². The fraction of sp³-hybridized carbons (Fsp3) is 0.619. The van der Waals surface area contributed by atoms with Gasteiger partial charge in [0.1, 0.15) is 12.2 Å². The molecule has 0 aromatic heterocycles. The lowest BCUT2D eigenvalue weighted by Gasteiger charge is -2.22. The molecule has 0 aliphatic carbocycles. The smallest absolute Gasteiger partial charge is 0.309 e. The van der Waals surface area contributed by atoms with Gasteiger partial charge in [-0.3, -0.25) is 9.59 Å². The van der Waals surface area contributed by atoms with E-state index in [1.54, 1.807) is 0 Å². The van der Waals surface area contributed by atoms with Crippen LogP contribution in [0, 0.1) is 5.92 Å². The van der Waals surface area contributed by atoms with Crippen molar-refractivity contribution in [2.24, 2.45) is 5.92 Å². The number of ether oxygens (including phenoxy) is 2. The Labute approximate surface area is 151 Å². The van der Waals surface area contributed by atoms with Crippen molar-refractivity contribution in [3.8, 4) is 0 Å². The topological polar surface area (TPSA) is 52.6 Å². The van der Waals surface area contributed by atoms with Crippen LogP contribution in [0.4, 0.5) is 0 Å². The van der Waals surface area contributed by atoms with Gasteiger partial charge in [-0.2, -0.15) is 0 Å². The lowest BCUT2D eigenvalue weighted by Crippen LogP contribution is -2.28. The summed E-state index contributed by atoms with van der Waals surface area (Å²) in [6, 6.07) is 9.57. The third kappa shape index (κ3) is 9.90. The molecule has 0 saturated heterocycles. The van der Waals surface area contributed by atoms with Gasteiger partial charge >= 0.3 is 11.9 Å². The maximum absolute atomic E-state index is 12.5. The molecule has 0 saturated carbocycles. The van der Waals surface area contributed by atoms with Crippen molar-refractivity contribution in [3.05, 3.63) is 35.9 Å². The zero-order valence-corrected chi connectivity index (χ0v) is 16.0. The normalized spacial score (nSPS) is 12.5. The van der Waals surface area contributed by atoms with Crippen molar-refractivity contribution in [1.82, 2.24) is 0 Å². The van der Waals surface area contributed by atoms with Crippen LogP contribution < -0.4 is 0 Å². The SMILES string of the molecule is CCCCCCC(CC(=O)OC(C)(C)C)C(=O)OCc1ccccc1. The molecule has 0 amide bonds. The van der Waals surface area contributed by atoms with Crippen molar-refractivity contribution in [3.63, 3.8) is 0 Å². The maximum Gasteiger partial charge on any atom is 0.309 e. The predicted molar refractivity (Wildman–Crippen MR) is 98.9 cm³/mol. The Hall–Kier alpha value is -1.84. The molecular weight excluding hydrogens is 316 g/mol. The van der Waals surface area contributed by atoms with Crippen molar-refractivity contribution < 1.29 is 19.1 Å². The molecule has 1 atom stereocenters. The maximum atomic E-state index is 12.5. The van der Waals surface area contributed by atoms with Gasteiger partial charge < -0.3 is 9.47 Å². The summed E-state index contributed by atoms with van der Waals surface area (Å²) in [5.74, 6) is -1.09. The third-order valence-electron chi connectivity index (χ3n) is 3.80. The Morgan fingerprint density at radius 1 is 1.04 bits per heavy atom. The van der Waals surface area contributed by atoms with Gasteiger partial charge in [-0.1, -0.05) is 62.9 Å². The summed E-state index contributed by atoms with van der Waals surface area (Å²) in [6.07, 6.45) is 4.99. The van der Waals surface area contributed by atoms with Crippen LogP contribution in [0.15, 0.2) is 30.3 Å². The van der Waals surface area contributed by atoms with Gasteiger partial charge in [0.25, 0.3) is 0 Å². The van der Waals surface area contributed by atoms with E-state index in [-0.39, 0.29) is 25.0 Å². The number of hydrogen-bond acceptors (Lipinski definition) is 4. The summed E-state index contributed by atoms with van der Waals surface area (Å²) in [6.45, 7) is 7.87. The molecule has 25 heavy (non-hydrogen) atoms. The predicted octanol–water partition coefficient (Wildman–Crippen LogP) is 5.05. The van der Waals surface area contributed by atoms with Crippen molar-refractivity contribution in [1.29, 1.82) is 0 Å². The number of esters is 2. The van der Waals surface area contributed by atoms with Gasteiger partial charge in [-0.25, -0.2) is 0 Å². The average molecular weight is 348 g/mol. The number of hydrogen-bond donors (Lipinski definition) is 0. The first-order valence-electron chi connectivity index (χ1n) is 9.24. The molecular formula is C21H32O4. The van der Waals surface area contributed by atoms with E-state index < -0.39 is 11.5 Å². The number of unbranched alkanes of at least 4 members (excludes halogenated alkanes) is 3. The summed E-state index contributed by atoms with van der Waals surface area (Å²) < 4.78 is 10.8. The molecule has 1 aromatic carbocycles. The van der Waals surface area contributed by atoms with E-state index in [0.29, 0.717) is 6.42 Å². The summed E-state index contributed by atoms with van der Waals surface area (Å²) in [5.41, 5.74) is 0.399. The highest BCUT2D eigenvalue weighted by Crippen LogP contribution is 2.20. The summed E-state index contributed by atoms with van der Waals surface area (Å²) in [7, 11) is 0. The van der Waals surface area contributed by atoms with Crippen LogP contribution in [-0.4, -0.2) is 17.5 Å². The van der Waals surface area contributed by atoms with Crippen molar-refractivity contribution in [2.75, 3.05) is 0 Å². The highest BCUT2D eigenvalue weighted by molar-refractivity contribution is 5.80. The first kappa shape index (κ1) is 21.2. The largest absolute Gasteiger partial charge is 0.461 e. The molecule has 0 heterocycles. The van der Waals surface area contributed by atoms with Crippen LogP contribution >= 0.6 is 0 Å². The lowest BCUT2D eigenvalue weighted by molar-refractivity contribution is -0.162. The average Bonchev–Trinajstić information content (AvgIpc) is 2.54. The van der Waals surface area contributed by atoms with Crippen LogP contribution in [0.25, 0.3) is 0 Å². The second kappa shape index (κ2) is 10.9. The number of rotatable bonds is 10. The van der Waals surface area contributed by atoms with Gasteiger partial charge in [0.05, 0.1) is 12.3 Å². The van der Waals surface area contributed by atoms with Crippen LogP contribution in [0.3, 0.4) is 0 Å². The number of benzene rings is 1. The second-order valence-corrected chi connectivity index (χ2v) is 7.43. The van der Waals surface area contributed by atoms with E-state index in [1.807, 2.05) is 51.1 Å². The molecule has 1 unspecified atom stereocenters. The third-order valence-corrected chi connectivity index (χ3v) is 3.80. The number of carbonyl (C=O) groups excluding carboxylic acids is 2. The summed E-state index contributed by atoms with van der Waals surface area (Å²) >= 11 is 0. The second-order valence-electron chi connectivity index (χ2n) is 7.43. The van der Waals surface area contributed by atoms with Gasteiger partial charge in [0.15, 0.2) is 0 Å². The van der Waals surface area contributed by atoms with E-state index in [1.165, 1.54) is 0 Å². The lowest BCUT2D eigenvalue weighted by atomic mass is 9.97. The van der Waals surface area contributed by atoms with Gasteiger partial charge in [-0.15, -0.1) is 0 Å². The summed E-state index contributed by atoms with van der Waals surface area (Å²) in [5, 5.41) is 0. The fourth-order valence-electron chi connectivity index (χ4n) is 2.55. The molecule has 1 rings (SSSR count). The fourth-order valence-corrected chi connectivity index (χ4v) is 2.55. The zero-order chi connectivity index (χ0) is 18.7. The van der Waals surface area contributed by atoms with E-state index in [0.717, 1.165) is 31.2 Å². The minimum Gasteiger partial charge on any atom is -0.461 e. The Morgan fingerprint density at radius 3 is 2.32 bits per heavy atom.